The smallest absolute Gasteiger partial charge is 0.344 e. The number of carbonyl (C=O) groups is 2. The average Bonchev–Trinajstić information content (AvgIpc) is 3.62. The summed E-state index contributed by atoms with van der Waals surface area (Å²) >= 11 is 0. The predicted octanol–water partition coefficient (Wildman–Crippen LogP) is 6.63. The zero-order valence-corrected chi connectivity index (χ0v) is 31.3. The van der Waals surface area contributed by atoms with Gasteiger partial charge in [0.2, 0.25) is 0 Å². The number of esters is 2. The van der Waals surface area contributed by atoms with Gasteiger partial charge in [0.05, 0.1) is 40.7 Å². The maximum Gasteiger partial charge on any atom is 0.344 e. The Morgan fingerprint density at radius 3 is 2.15 bits per heavy atom. The molecule has 284 valence electrons. The van der Waals surface area contributed by atoms with Crippen LogP contribution >= 0.6 is 0 Å². The second-order valence-corrected chi connectivity index (χ2v) is 14.0. The fraction of sp³-hybridized carbons (Fsp3) is 0.220. The lowest BCUT2D eigenvalue weighted by molar-refractivity contribution is -0.145. The summed E-state index contributed by atoms with van der Waals surface area (Å²) in [7, 11) is -4.09. The molecule has 3 aromatic carbocycles. The van der Waals surface area contributed by atoms with Crippen molar-refractivity contribution in [1.29, 1.82) is 0 Å². The molecule has 0 fully saturated rings. The molecule has 6 rings (SSSR count). The number of nitrogens with zero attached hydrogens (tertiary/aromatic N) is 3. The topological polar surface area (TPSA) is 162 Å². The Kier molecular flexibility index (Phi) is 12.7. The number of nitrogens with one attached hydrogen (secondary N) is 2. The van der Waals surface area contributed by atoms with Crippen LogP contribution in [0, 0.1) is 0 Å². The Balaban J connectivity index is 1.26. The molecule has 0 radical (unpaired) electrons. The first-order valence-corrected chi connectivity index (χ1v) is 19.2. The number of hydrogen-bond donors (Lipinski definition) is 2. The monoisotopic (exact) mass is 763 g/mol. The summed E-state index contributed by atoms with van der Waals surface area (Å²) in [5, 5.41) is 0.879. The first kappa shape index (κ1) is 38.5. The van der Waals surface area contributed by atoms with Crippen molar-refractivity contribution in [3.63, 3.8) is 0 Å². The van der Waals surface area contributed by atoms with Gasteiger partial charge in [-0.1, -0.05) is 24.3 Å². The van der Waals surface area contributed by atoms with Gasteiger partial charge in [0.15, 0.2) is 6.61 Å². The number of hydrogen-bond acceptors (Lipinski definition) is 11. The summed E-state index contributed by atoms with van der Waals surface area (Å²) in [4.78, 5) is 38.5. The standard InChI is InChI=1S/C41H41N5O8S/c1-3-51-40(47)28-54-34-14-16-35(17-15-34)55(49,50)45-36-18-13-30(37-23-29-11-12-31(24-38(29)44-37)41(48)52-4-2)25-39(36)53-22-21-46(26-32-9-5-7-19-42-32)27-33-10-6-8-20-43-33/h5-20,23-25,44-45H,3-4,21-22,26-28H2,1-2H3. The van der Waals surface area contributed by atoms with Crippen molar-refractivity contribution >= 4 is 38.6 Å². The van der Waals surface area contributed by atoms with E-state index in [0.717, 1.165) is 33.5 Å². The van der Waals surface area contributed by atoms with Crippen molar-refractivity contribution in [2.75, 3.05) is 37.7 Å². The second kappa shape index (κ2) is 18.2. The van der Waals surface area contributed by atoms with E-state index in [0.29, 0.717) is 36.7 Å². The maximum absolute atomic E-state index is 13.7. The Bertz CT molecular complexity index is 2280. The van der Waals surface area contributed by atoms with Crippen molar-refractivity contribution in [3.8, 4) is 22.8 Å². The van der Waals surface area contributed by atoms with Gasteiger partial charge in [0.1, 0.15) is 18.1 Å². The number of carbonyl (C=O) groups excluding carboxylic acids is 2. The zero-order chi connectivity index (χ0) is 38.6. The van der Waals surface area contributed by atoms with E-state index < -0.39 is 22.0 Å². The number of anilines is 1. The number of aromatic nitrogens is 3. The molecule has 3 aromatic heterocycles. The van der Waals surface area contributed by atoms with Gasteiger partial charge >= 0.3 is 11.9 Å². The lowest BCUT2D eigenvalue weighted by Gasteiger charge is -2.22. The van der Waals surface area contributed by atoms with Gasteiger partial charge in [0.25, 0.3) is 10.0 Å². The molecule has 0 bridgehead atoms. The molecule has 2 N–H and O–H groups in total. The first-order valence-electron chi connectivity index (χ1n) is 17.7. The highest BCUT2D eigenvalue weighted by Crippen LogP contribution is 2.34. The summed E-state index contributed by atoms with van der Waals surface area (Å²) in [6.45, 7) is 5.42. The third-order valence-electron chi connectivity index (χ3n) is 8.36. The molecule has 3 heterocycles. The lowest BCUT2D eigenvalue weighted by atomic mass is 10.1. The largest absolute Gasteiger partial charge is 0.490 e. The molecule has 0 amide bonds. The molecule has 6 aromatic rings. The van der Waals surface area contributed by atoms with Crippen LogP contribution in [0.25, 0.3) is 22.2 Å². The Morgan fingerprint density at radius 2 is 1.49 bits per heavy atom. The molecular weight excluding hydrogens is 723 g/mol. The third-order valence-corrected chi connectivity index (χ3v) is 9.74. The van der Waals surface area contributed by atoms with E-state index in [1.807, 2.05) is 48.5 Å². The van der Waals surface area contributed by atoms with Crippen LogP contribution < -0.4 is 14.2 Å². The average molecular weight is 764 g/mol. The van der Waals surface area contributed by atoms with E-state index in [-0.39, 0.29) is 37.0 Å². The van der Waals surface area contributed by atoms with E-state index in [1.165, 1.54) is 24.3 Å². The molecule has 0 aliphatic carbocycles. The van der Waals surface area contributed by atoms with E-state index in [1.54, 1.807) is 56.6 Å². The molecule has 0 spiro atoms. The maximum atomic E-state index is 13.7. The minimum absolute atomic E-state index is 0.0177. The molecule has 0 saturated carbocycles. The zero-order valence-electron chi connectivity index (χ0n) is 30.4. The van der Waals surface area contributed by atoms with Gasteiger partial charge in [-0.3, -0.25) is 19.6 Å². The van der Waals surface area contributed by atoms with Gasteiger partial charge in [0, 0.05) is 54.2 Å². The van der Waals surface area contributed by atoms with Crippen LogP contribution in [0.1, 0.15) is 35.6 Å². The summed E-state index contributed by atoms with van der Waals surface area (Å²) in [6, 6.07) is 29.7. The molecule has 0 aliphatic rings. The molecule has 0 aliphatic heterocycles. The second-order valence-electron chi connectivity index (χ2n) is 12.3. The Labute approximate surface area is 319 Å². The number of benzene rings is 3. The van der Waals surface area contributed by atoms with Gasteiger partial charge in [-0.15, -0.1) is 0 Å². The minimum Gasteiger partial charge on any atom is -0.490 e. The number of rotatable bonds is 18. The van der Waals surface area contributed by atoms with Gasteiger partial charge < -0.3 is 23.9 Å². The summed E-state index contributed by atoms with van der Waals surface area (Å²) in [6.07, 6.45) is 3.50. The number of H-pyrrole nitrogens is 1. The van der Waals surface area contributed by atoms with Crippen molar-refractivity contribution in [1.82, 2.24) is 19.9 Å². The van der Waals surface area contributed by atoms with Crippen LogP contribution in [0.4, 0.5) is 5.69 Å². The quantitative estimate of drug-likeness (QED) is 0.0905. The summed E-state index contributed by atoms with van der Waals surface area (Å²) in [5.41, 5.74) is 4.63. The number of aromatic amines is 1. The molecule has 14 heteroatoms. The molecule has 0 atom stereocenters. The molecule has 0 saturated heterocycles. The highest BCUT2D eigenvalue weighted by molar-refractivity contribution is 7.92. The summed E-state index contributed by atoms with van der Waals surface area (Å²) in [5.74, 6) is -0.319. The van der Waals surface area contributed by atoms with Crippen LogP contribution in [0.3, 0.4) is 0 Å². The predicted molar refractivity (Wildman–Crippen MR) is 207 cm³/mol. The molecule has 0 unspecified atom stereocenters. The summed E-state index contributed by atoms with van der Waals surface area (Å²) < 4.78 is 51.9. The van der Waals surface area contributed by atoms with Crippen LogP contribution in [0.2, 0.25) is 0 Å². The minimum atomic E-state index is -4.09. The van der Waals surface area contributed by atoms with Crippen molar-refractivity contribution in [3.05, 3.63) is 132 Å². The van der Waals surface area contributed by atoms with Crippen LogP contribution in [0.15, 0.2) is 120 Å². The third kappa shape index (κ3) is 10.5. The van der Waals surface area contributed by atoms with Crippen molar-refractivity contribution in [2.24, 2.45) is 0 Å². The van der Waals surface area contributed by atoms with Gasteiger partial charge in [-0.25, -0.2) is 18.0 Å². The van der Waals surface area contributed by atoms with E-state index in [2.05, 4.69) is 24.6 Å². The van der Waals surface area contributed by atoms with Crippen molar-refractivity contribution < 1.29 is 37.0 Å². The SMILES string of the molecule is CCOC(=O)COc1ccc(S(=O)(=O)Nc2ccc(-c3cc4ccc(C(=O)OCC)cc4[nH]3)cc2OCCN(Cc2ccccn2)Cc2ccccn2)cc1. The molecular formula is C41H41N5O8S. The number of ether oxygens (including phenoxy) is 4. The Hall–Kier alpha value is -6.25. The number of pyridine rings is 2. The van der Waals surface area contributed by atoms with Gasteiger partial charge in [-0.2, -0.15) is 0 Å². The van der Waals surface area contributed by atoms with E-state index in [9.17, 15) is 18.0 Å². The lowest BCUT2D eigenvalue weighted by Crippen LogP contribution is -2.28. The first-order chi connectivity index (χ1) is 26.7. The van der Waals surface area contributed by atoms with E-state index >= 15 is 0 Å². The fourth-order valence-corrected chi connectivity index (χ4v) is 6.79. The number of sulfonamides is 1. The molecule has 13 nitrogen and oxygen atoms in total. The van der Waals surface area contributed by atoms with E-state index in [4.69, 9.17) is 18.9 Å². The van der Waals surface area contributed by atoms with Crippen LogP contribution in [-0.4, -0.2) is 73.2 Å². The van der Waals surface area contributed by atoms with Crippen LogP contribution in [-0.2, 0) is 37.4 Å². The van der Waals surface area contributed by atoms with Gasteiger partial charge in [-0.05, 0) is 92.7 Å². The fourth-order valence-electron chi connectivity index (χ4n) is 5.72. The normalized spacial score (nSPS) is 11.3. The highest BCUT2D eigenvalue weighted by Gasteiger charge is 2.19. The molecule has 55 heavy (non-hydrogen) atoms. The number of fused-ring (bicyclic) bond motifs is 1. The van der Waals surface area contributed by atoms with Crippen molar-refractivity contribution in [2.45, 2.75) is 31.8 Å². The highest BCUT2D eigenvalue weighted by atomic mass is 32.2. The Morgan fingerprint density at radius 1 is 0.782 bits per heavy atom. The van der Waals surface area contributed by atoms with Crippen LogP contribution in [0.5, 0.6) is 11.5 Å².